The third-order valence-corrected chi connectivity index (χ3v) is 11.4. The lowest BCUT2D eigenvalue weighted by atomic mass is 9.43. The summed E-state index contributed by atoms with van der Waals surface area (Å²) in [6.45, 7) is 8.23. The summed E-state index contributed by atoms with van der Waals surface area (Å²) in [7, 11) is -5.64. The first kappa shape index (κ1) is 30.5. The van der Waals surface area contributed by atoms with E-state index in [2.05, 4.69) is 18.6 Å². The van der Waals surface area contributed by atoms with Gasteiger partial charge in [-0.2, -0.15) is 0 Å². The highest BCUT2D eigenvalue weighted by atomic mass is 32.2. The maximum Gasteiger partial charge on any atom is 0.474 e. The van der Waals surface area contributed by atoms with Crippen molar-refractivity contribution in [1.82, 2.24) is 4.72 Å². The Balaban J connectivity index is 1.23. The quantitative estimate of drug-likeness (QED) is 0.296. The van der Waals surface area contributed by atoms with Crippen LogP contribution < -0.4 is 9.62 Å². The predicted molar refractivity (Wildman–Crippen MR) is 162 cm³/mol. The van der Waals surface area contributed by atoms with Crippen molar-refractivity contribution in [3.8, 4) is 0 Å². The van der Waals surface area contributed by atoms with Gasteiger partial charge in [0.1, 0.15) is 11.4 Å². The van der Waals surface area contributed by atoms with Crippen LogP contribution in [-0.4, -0.2) is 69.6 Å². The lowest BCUT2D eigenvalue weighted by Crippen LogP contribution is -2.68. The number of para-hydroxylation sites is 1. The number of sulfonamides is 1. The van der Waals surface area contributed by atoms with E-state index < -0.39 is 46.4 Å². The fourth-order valence-corrected chi connectivity index (χ4v) is 8.78. The molecule has 43 heavy (non-hydrogen) atoms. The van der Waals surface area contributed by atoms with Gasteiger partial charge in [0, 0.05) is 24.2 Å². The average molecular weight is 615 g/mol. The number of hydrogen-bond acceptors (Lipinski definition) is 8. The Morgan fingerprint density at radius 3 is 2.63 bits per heavy atom. The van der Waals surface area contributed by atoms with Crippen molar-refractivity contribution >= 4 is 33.8 Å². The summed E-state index contributed by atoms with van der Waals surface area (Å²) in [6.07, 6.45) is 2.43. The van der Waals surface area contributed by atoms with Gasteiger partial charge >= 0.3 is 7.12 Å². The summed E-state index contributed by atoms with van der Waals surface area (Å²) in [5.74, 6) is -1.76. The molecule has 5 atom stereocenters. The normalized spacial score (nSPS) is 27.6. The molecule has 3 N–H and O–H groups in total. The highest BCUT2D eigenvalue weighted by Crippen LogP contribution is 2.63. The van der Waals surface area contributed by atoms with Crippen molar-refractivity contribution in [3.63, 3.8) is 0 Å². The second kappa shape index (κ2) is 11.5. The number of nitrogens with one attached hydrogen (secondary N) is 1. The van der Waals surface area contributed by atoms with Gasteiger partial charge in [0.2, 0.25) is 10.0 Å². The number of fused-ring (bicyclic) bond motifs is 3. The van der Waals surface area contributed by atoms with Gasteiger partial charge < -0.3 is 28.8 Å². The molecule has 232 valence electrons. The summed E-state index contributed by atoms with van der Waals surface area (Å²) in [6, 6.07) is 11.7. The van der Waals surface area contributed by atoms with Crippen molar-refractivity contribution in [1.29, 1.82) is 0 Å². The number of aliphatic hydroxyl groups is 1. The summed E-state index contributed by atoms with van der Waals surface area (Å²) < 4.78 is 61.5. The topological polar surface area (TPSA) is 121 Å². The van der Waals surface area contributed by atoms with Crippen LogP contribution in [0.25, 0.3) is 11.0 Å². The zero-order valence-corrected chi connectivity index (χ0v) is 25.6. The minimum atomic E-state index is -4.08. The molecule has 1 aromatic heterocycles. The van der Waals surface area contributed by atoms with Gasteiger partial charge in [-0.15, -0.1) is 0 Å². The number of ether oxygens (including phenoxy) is 1. The Morgan fingerprint density at radius 2 is 1.91 bits per heavy atom. The predicted octanol–water partition coefficient (Wildman–Crippen LogP) is 3.66. The molecule has 1 saturated heterocycles. The van der Waals surface area contributed by atoms with E-state index in [1.165, 1.54) is 12.1 Å². The second-order valence-corrected chi connectivity index (χ2v) is 14.9. The van der Waals surface area contributed by atoms with Gasteiger partial charge in [0.05, 0.1) is 42.9 Å². The summed E-state index contributed by atoms with van der Waals surface area (Å²) in [5, 5.41) is 23.7. The van der Waals surface area contributed by atoms with Gasteiger partial charge in [-0.05, 0) is 78.8 Å². The van der Waals surface area contributed by atoms with E-state index in [4.69, 9.17) is 13.8 Å². The van der Waals surface area contributed by atoms with E-state index in [1.54, 1.807) is 19.3 Å². The number of morpholine rings is 1. The van der Waals surface area contributed by atoms with Gasteiger partial charge in [-0.3, -0.25) is 0 Å². The minimum absolute atomic E-state index is 0.0116. The fourth-order valence-electron chi connectivity index (χ4n) is 7.43. The Kier molecular flexibility index (Phi) is 8.15. The number of furan rings is 1. The molecular weight excluding hydrogens is 574 g/mol. The number of anilines is 1. The van der Waals surface area contributed by atoms with E-state index in [1.807, 2.05) is 29.2 Å². The number of rotatable bonds is 10. The van der Waals surface area contributed by atoms with Gasteiger partial charge in [-0.25, -0.2) is 17.5 Å². The highest BCUT2D eigenvalue weighted by Gasteiger charge is 2.63. The molecule has 0 radical (unpaired) electrons. The molecule has 9 nitrogen and oxygen atoms in total. The van der Waals surface area contributed by atoms with Crippen LogP contribution in [0.5, 0.6) is 0 Å². The number of nitrogens with zero attached hydrogens (tertiary/aromatic N) is 1. The van der Waals surface area contributed by atoms with Gasteiger partial charge in [-0.1, -0.05) is 32.0 Å². The summed E-state index contributed by atoms with van der Waals surface area (Å²) in [4.78, 5) is 1.96. The molecule has 1 aliphatic heterocycles. The molecule has 3 aliphatic carbocycles. The summed E-state index contributed by atoms with van der Waals surface area (Å²) in [5.41, 5.74) is 1.01. The van der Waals surface area contributed by atoms with Crippen molar-refractivity contribution in [2.75, 3.05) is 31.2 Å². The second-order valence-electron chi connectivity index (χ2n) is 13.1. The van der Waals surface area contributed by atoms with Gasteiger partial charge in [0.15, 0.2) is 0 Å². The van der Waals surface area contributed by atoms with Crippen LogP contribution in [0.2, 0.25) is 0 Å². The van der Waals surface area contributed by atoms with E-state index in [0.29, 0.717) is 55.5 Å². The molecule has 7 rings (SSSR count). The first-order chi connectivity index (χ1) is 20.3. The first-order valence-corrected chi connectivity index (χ1v) is 16.6. The third-order valence-electron chi connectivity index (χ3n) is 9.98. The lowest BCUT2D eigenvalue weighted by Gasteiger charge is -2.65. The van der Waals surface area contributed by atoms with Crippen LogP contribution in [0.15, 0.2) is 53.1 Å². The van der Waals surface area contributed by atoms with Crippen LogP contribution in [0.3, 0.4) is 0 Å². The zero-order valence-electron chi connectivity index (χ0n) is 24.8. The molecule has 0 amide bonds. The largest absolute Gasteiger partial charge is 0.474 e. The standard InChI is InChI=1S/C31H40BFN2O7S/c1-30(2)22-15-27(30)31(3,36)28(16-22)42-32(37)29(14-21-18-41-26-7-5-4-6-25(21)26)34-43(38,39)19-20-12-23(33)17-24(13-20)35-8-10-40-11-9-35/h4-7,12-13,17-18,22,27-29,34,36-37H,8-11,14-16,19H2,1-3H3/t22-,27-,28+,29?,31-/m0/s1. The Bertz CT molecular complexity index is 1570. The summed E-state index contributed by atoms with van der Waals surface area (Å²) >= 11 is 0. The van der Waals surface area contributed by atoms with E-state index >= 15 is 0 Å². The van der Waals surface area contributed by atoms with E-state index in [0.717, 1.165) is 11.8 Å². The molecule has 12 heteroatoms. The average Bonchev–Trinajstić information content (AvgIpc) is 3.35. The van der Waals surface area contributed by atoms with Crippen LogP contribution in [0.4, 0.5) is 10.1 Å². The van der Waals surface area contributed by atoms with Crippen molar-refractivity contribution in [2.24, 2.45) is 17.3 Å². The molecule has 1 unspecified atom stereocenters. The number of benzene rings is 2. The van der Waals surface area contributed by atoms with E-state index in [-0.39, 0.29) is 23.3 Å². The lowest BCUT2D eigenvalue weighted by molar-refractivity contribution is -0.241. The van der Waals surface area contributed by atoms with Crippen LogP contribution >= 0.6 is 0 Å². The molecule has 2 heterocycles. The van der Waals surface area contributed by atoms with Crippen LogP contribution in [-0.2, 0) is 31.6 Å². The zero-order chi connectivity index (χ0) is 30.6. The van der Waals surface area contributed by atoms with Crippen molar-refractivity contribution in [3.05, 3.63) is 65.7 Å². The molecule has 0 spiro atoms. The Hall–Kier alpha value is -2.48. The molecule has 3 aromatic rings. The monoisotopic (exact) mass is 614 g/mol. The Labute approximate surface area is 252 Å². The number of hydrogen-bond donors (Lipinski definition) is 3. The Morgan fingerprint density at radius 1 is 1.16 bits per heavy atom. The highest BCUT2D eigenvalue weighted by molar-refractivity contribution is 7.88. The van der Waals surface area contributed by atoms with Crippen LogP contribution in [0.1, 0.15) is 44.7 Å². The SMILES string of the molecule is CC1(C)[C@@H]2C[C@@H](OB(O)C(Cc3coc4ccccc34)NS(=O)(=O)Cc3cc(F)cc(N4CCOCC4)c3)[C@@](C)(O)[C@H]1C2. The van der Waals surface area contributed by atoms with Gasteiger partial charge in [0.25, 0.3) is 0 Å². The number of halogens is 1. The maximum absolute atomic E-state index is 14.6. The maximum atomic E-state index is 14.6. The minimum Gasteiger partial charge on any atom is -0.464 e. The molecule has 2 aromatic carbocycles. The molecule has 2 bridgehead atoms. The van der Waals surface area contributed by atoms with Crippen molar-refractivity contribution in [2.45, 2.75) is 63.4 Å². The van der Waals surface area contributed by atoms with E-state index in [9.17, 15) is 22.9 Å². The first-order valence-electron chi connectivity index (χ1n) is 15.0. The molecule has 4 fully saturated rings. The smallest absolute Gasteiger partial charge is 0.464 e. The van der Waals surface area contributed by atoms with Crippen LogP contribution in [0, 0.1) is 23.1 Å². The fraction of sp³-hybridized carbons (Fsp3) is 0.548. The van der Waals surface area contributed by atoms with Crippen molar-refractivity contribution < 1.29 is 36.7 Å². The third kappa shape index (κ3) is 6.10. The molecule has 4 aliphatic rings. The molecular formula is C31H40BFN2O7S. The molecule has 3 saturated carbocycles.